The molecule has 0 saturated carbocycles. The number of benzene rings is 1. The van der Waals surface area contributed by atoms with E-state index in [-0.39, 0.29) is 16.8 Å². The SMILES string of the molecule is Cc1ccc(S(C)(=O)=O)cc1C(=O)NC(C)C. The molecule has 4 nitrogen and oxygen atoms in total. The highest BCUT2D eigenvalue weighted by Gasteiger charge is 2.14. The maximum Gasteiger partial charge on any atom is 0.251 e. The van der Waals surface area contributed by atoms with E-state index < -0.39 is 9.84 Å². The van der Waals surface area contributed by atoms with E-state index in [1.54, 1.807) is 13.0 Å². The van der Waals surface area contributed by atoms with Crippen LogP contribution >= 0.6 is 0 Å². The topological polar surface area (TPSA) is 63.2 Å². The maximum absolute atomic E-state index is 11.8. The van der Waals surface area contributed by atoms with Crippen molar-refractivity contribution in [2.75, 3.05) is 6.26 Å². The van der Waals surface area contributed by atoms with Crippen molar-refractivity contribution in [2.45, 2.75) is 31.7 Å². The molecule has 1 amide bonds. The average Bonchev–Trinajstić information content (AvgIpc) is 2.15. The van der Waals surface area contributed by atoms with Crippen LogP contribution in [0.1, 0.15) is 29.8 Å². The summed E-state index contributed by atoms with van der Waals surface area (Å²) in [5.41, 5.74) is 1.16. The van der Waals surface area contributed by atoms with Gasteiger partial charge in [-0.1, -0.05) is 6.07 Å². The monoisotopic (exact) mass is 255 g/mol. The summed E-state index contributed by atoms with van der Waals surface area (Å²) in [6.07, 6.45) is 1.13. The number of rotatable bonds is 3. The predicted molar refractivity (Wildman–Crippen MR) is 66.9 cm³/mol. The van der Waals surface area contributed by atoms with Crippen molar-refractivity contribution in [2.24, 2.45) is 0 Å². The highest BCUT2D eigenvalue weighted by Crippen LogP contribution is 2.15. The Labute approximate surface area is 102 Å². The fourth-order valence-corrected chi connectivity index (χ4v) is 2.06. The van der Waals surface area contributed by atoms with E-state index in [4.69, 9.17) is 0 Å². The zero-order valence-corrected chi connectivity index (χ0v) is 11.3. The van der Waals surface area contributed by atoms with Gasteiger partial charge in [0.15, 0.2) is 9.84 Å². The van der Waals surface area contributed by atoms with Gasteiger partial charge in [0.1, 0.15) is 0 Å². The summed E-state index contributed by atoms with van der Waals surface area (Å²) < 4.78 is 22.8. The highest BCUT2D eigenvalue weighted by atomic mass is 32.2. The van der Waals surface area contributed by atoms with Gasteiger partial charge in [0.25, 0.3) is 5.91 Å². The van der Waals surface area contributed by atoms with Crippen molar-refractivity contribution in [1.82, 2.24) is 5.32 Å². The molecule has 94 valence electrons. The number of carbonyl (C=O) groups is 1. The molecule has 1 aromatic rings. The molecule has 0 aliphatic rings. The van der Waals surface area contributed by atoms with Gasteiger partial charge in [-0.15, -0.1) is 0 Å². The highest BCUT2D eigenvalue weighted by molar-refractivity contribution is 7.90. The Bertz CT molecular complexity index is 533. The van der Waals surface area contributed by atoms with Crippen molar-refractivity contribution >= 4 is 15.7 Å². The second-order valence-electron chi connectivity index (χ2n) is 4.38. The van der Waals surface area contributed by atoms with Gasteiger partial charge in [-0.3, -0.25) is 4.79 Å². The Morgan fingerprint density at radius 3 is 2.35 bits per heavy atom. The number of sulfone groups is 1. The van der Waals surface area contributed by atoms with E-state index in [2.05, 4.69) is 5.32 Å². The lowest BCUT2D eigenvalue weighted by atomic mass is 10.1. The fraction of sp³-hybridized carbons (Fsp3) is 0.417. The minimum absolute atomic E-state index is 0.0174. The van der Waals surface area contributed by atoms with Crippen molar-refractivity contribution < 1.29 is 13.2 Å². The summed E-state index contributed by atoms with van der Waals surface area (Å²) in [7, 11) is -3.28. The van der Waals surface area contributed by atoms with E-state index >= 15 is 0 Å². The van der Waals surface area contributed by atoms with Gasteiger partial charge in [-0.25, -0.2) is 8.42 Å². The Morgan fingerprint density at radius 2 is 1.88 bits per heavy atom. The summed E-state index contributed by atoms with van der Waals surface area (Å²) in [6, 6.07) is 4.59. The van der Waals surface area contributed by atoms with Crippen LogP contribution in [0.5, 0.6) is 0 Å². The minimum atomic E-state index is -3.28. The zero-order chi connectivity index (χ0) is 13.2. The molecule has 0 bridgehead atoms. The first-order valence-corrected chi connectivity index (χ1v) is 7.22. The molecular formula is C12H17NO3S. The molecule has 17 heavy (non-hydrogen) atoms. The number of hydrogen-bond donors (Lipinski definition) is 1. The molecule has 1 aromatic carbocycles. The van der Waals surface area contributed by atoms with E-state index in [0.717, 1.165) is 11.8 Å². The quantitative estimate of drug-likeness (QED) is 0.891. The van der Waals surface area contributed by atoms with Crippen LogP contribution in [0.15, 0.2) is 23.1 Å². The van der Waals surface area contributed by atoms with Crippen LogP contribution < -0.4 is 5.32 Å². The molecule has 5 heteroatoms. The summed E-state index contributed by atoms with van der Waals surface area (Å²) >= 11 is 0. The molecular weight excluding hydrogens is 238 g/mol. The van der Waals surface area contributed by atoms with Gasteiger partial charge in [0.2, 0.25) is 0 Å². The minimum Gasteiger partial charge on any atom is -0.350 e. The third-order valence-corrected chi connectivity index (χ3v) is 3.41. The Hall–Kier alpha value is -1.36. The first-order chi connectivity index (χ1) is 7.71. The number of hydrogen-bond acceptors (Lipinski definition) is 3. The van der Waals surface area contributed by atoms with E-state index in [1.165, 1.54) is 12.1 Å². The summed E-state index contributed by atoms with van der Waals surface area (Å²) in [5.74, 6) is -0.247. The van der Waals surface area contributed by atoms with Crippen LogP contribution in [-0.2, 0) is 9.84 Å². The van der Waals surface area contributed by atoms with Crippen LogP contribution in [0, 0.1) is 6.92 Å². The third-order valence-electron chi connectivity index (χ3n) is 2.30. The molecule has 0 spiro atoms. The molecule has 1 rings (SSSR count). The number of carbonyl (C=O) groups excluding carboxylic acids is 1. The van der Waals surface area contributed by atoms with Gasteiger partial charge in [-0.05, 0) is 38.5 Å². The molecule has 0 aliphatic heterocycles. The second-order valence-corrected chi connectivity index (χ2v) is 6.39. The van der Waals surface area contributed by atoms with Crippen molar-refractivity contribution in [3.8, 4) is 0 Å². The lowest BCUT2D eigenvalue weighted by Gasteiger charge is -2.11. The first-order valence-electron chi connectivity index (χ1n) is 5.33. The molecule has 0 heterocycles. The van der Waals surface area contributed by atoms with E-state index in [1.807, 2.05) is 13.8 Å². The summed E-state index contributed by atoms with van der Waals surface area (Å²) in [4.78, 5) is 12.0. The van der Waals surface area contributed by atoms with E-state index in [0.29, 0.717) is 5.56 Å². The van der Waals surface area contributed by atoms with Gasteiger partial charge < -0.3 is 5.32 Å². The van der Waals surface area contributed by atoms with Crippen molar-refractivity contribution in [3.05, 3.63) is 29.3 Å². The summed E-state index contributed by atoms with van der Waals surface area (Å²) in [5, 5.41) is 2.74. The molecule has 0 aromatic heterocycles. The first kappa shape index (κ1) is 13.7. The fourth-order valence-electron chi connectivity index (χ4n) is 1.42. The van der Waals surface area contributed by atoms with Gasteiger partial charge in [-0.2, -0.15) is 0 Å². The molecule has 0 saturated heterocycles. The maximum atomic E-state index is 11.8. The van der Waals surface area contributed by atoms with Crippen LogP contribution in [0.3, 0.4) is 0 Å². The third kappa shape index (κ3) is 3.56. The number of aryl methyl sites for hydroxylation is 1. The van der Waals surface area contributed by atoms with E-state index in [9.17, 15) is 13.2 Å². The Morgan fingerprint density at radius 1 is 1.29 bits per heavy atom. The Kier molecular flexibility index (Phi) is 3.93. The van der Waals surface area contributed by atoms with Crippen LogP contribution in [0.2, 0.25) is 0 Å². The molecule has 0 radical (unpaired) electrons. The standard InChI is InChI=1S/C12H17NO3S/c1-8(2)13-12(14)11-7-10(17(4,15)16)6-5-9(11)3/h5-8H,1-4H3,(H,13,14). The lowest BCUT2D eigenvalue weighted by molar-refractivity contribution is 0.0942. The number of amides is 1. The normalized spacial score (nSPS) is 11.6. The molecule has 0 unspecified atom stereocenters. The van der Waals surface area contributed by atoms with Crippen molar-refractivity contribution in [1.29, 1.82) is 0 Å². The summed E-state index contributed by atoms with van der Waals surface area (Å²) in [6.45, 7) is 5.49. The molecule has 1 N–H and O–H groups in total. The number of nitrogens with one attached hydrogen (secondary N) is 1. The zero-order valence-electron chi connectivity index (χ0n) is 10.4. The molecule has 0 atom stereocenters. The predicted octanol–water partition coefficient (Wildman–Crippen LogP) is 1.54. The lowest BCUT2D eigenvalue weighted by Crippen LogP contribution is -2.30. The smallest absolute Gasteiger partial charge is 0.251 e. The molecule has 0 fully saturated rings. The second kappa shape index (κ2) is 4.87. The van der Waals surface area contributed by atoms with Gasteiger partial charge >= 0.3 is 0 Å². The largest absolute Gasteiger partial charge is 0.350 e. The molecule has 0 aliphatic carbocycles. The van der Waals surface area contributed by atoms with Gasteiger partial charge in [0, 0.05) is 17.9 Å². The van der Waals surface area contributed by atoms with Crippen LogP contribution in [0.4, 0.5) is 0 Å². The van der Waals surface area contributed by atoms with Crippen LogP contribution in [-0.4, -0.2) is 26.6 Å². The van der Waals surface area contributed by atoms with Gasteiger partial charge in [0.05, 0.1) is 4.90 Å². The van der Waals surface area contributed by atoms with Crippen LogP contribution in [0.25, 0.3) is 0 Å². The average molecular weight is 255 g/mol. The Balaban J connectivity index is 3.20. The van der Waals surface area contributed by atoms with Crippen molar-refractivity contribution in [3.63, 3.8) is 0 Å².